The van der Waals surface area contributed by atoms with Gasteiger partial charge in [0.05, 0.1) is 31.3 Å². The first-order valence-electron chi connectivity index (χ1n) is 15.3. The van der Waals surface area contributed by atoms with Crippen LogP contribution < -0.4 is 24.6 Å². The Morgan fingerprint density at radius 1 is 0.841 bits per heavy atom. The molecule has 1 aromatic heterocycles. The zero-order valence-corrected chi connectivity index (χ0v) is 27.2. The van der Waals surface area contributed by atoms with Crippen LogP contribution in [0.1, 0.15) is 41.5 Å². The normalized spacial score (nSPS) is 10.9. The maximum absolute atomic E-state index is 12.4. The number of rotatable bonds is 13. The molecule has 0 aliphatic rings. The van der Waals surface area contributed by atoms with E-state index in [-0.39, 0.29) is 23.2 Å². The highest BCUT2D eigenvalue weighted by molar-refractivity contribution is 5.98. The number of nitrogens with one attached hydrogen (secondary N) is 1. The molecule has 1 amide bonds. The SMILES string of the molecule is CCN(CC)c1ccc(-c2nc(-c3cc(OC)c(O)c(OC)c3NC(C)=O)n(CC)c2-c2ccc(N(CC)CC)cc2)cc1. The second-order valence-electron chi connectivity index (χ2n) is 10.4. The van der Waals surface area contributed by atoms with Crippen LogP contribution in [-0.4, -0.2) is 61.0 Å². The quantitative estimate of drug-likeness (QED) is 0.167. The third-order valence-electron chi connectivity index (χ3n) is 8.01. The lowest BCUT2D eigenvalue weighted by Gasteiger charge is -2.22. The molecule has 0 radical (unpaired) electrons. The van der Waals surface area contributed by atoms with Crippen LogP contribution in [0.2, 0.25) is 0 Å². The summed E-state index contributed by atoms with van der Waals surface area (Å²) >= 11 is 0. The molecular weight excluding hydrogens is 554 g/mol. The summed E-state index contributed by atoms with van der Waals surface area (Å²) in [6.07, 6.45) is 0. The van der Waals surface area contributed by atoms with Crippen LogP contribution in [0.3, 0.4) is 0 Å². The fraction of sp³-hybridized carbons (Fsp3) is 0.371. The van der Waals surface area contributed by atoms with Crippen LogP contribution in [0.4, 0.5) is 17.1 Å². The van der Waals surface area contributed by atoms with Gasteiger partial charge in [0.25, 0.3) is 0 Å². The first-order chi connectivity index (χ1) is 21.3. The molecule has 3 aromatic carbocycles. The van der Waals surface area contributed by atoms with Gasteiger partial charge in [-0.15, -0.1) is 0 Å². The van der Waals surface area contributed by atoms with Gasteiger partial charge in [0.15, 0.2) is 11.5 Å². The molecule has 1 heterocycles. The first kappa shape index (κ1) is 32.3. The fourth-order valence-electron chi connectivity index (χ4n) is 5.75. The largest absolute Gasteiger partial charge is 0.502 e. The molecule has 0 saturated heterocycles. The molecule has 234 valence electrons. The van der Waals surface area contributed by atoms with Crippen molar-refractivity contribution in [3.05, 3.63) is 54.6 Å². The summed E-state index contributed by atoms with van der Waals surface area (Å²) in [5, 5.41) is 13.7. The number of amides is 1. The Kier molecular flexibility index (Phi) is 10.4. The van der Waals surface area contributed by atoms with Gasteiger partial charge in [0.2, 0.25) is 11.7 Å². The Morgan fingerprint density at radius 3 is 1.80 bits per heavy atom. The zero-order chi connectivity index (χ0) is 32.0. The molecule has 0 aliphatic heterocycles. The number of carbonyl (C=O) groups excluding carboxylic acids is 1. The lowest BCUT2D eigenvalue weighted by molar-refractivity contribution is -0.114. The van der Waals surface area contributed by atoms with E-state index in [9.17, 15) is 9.90 Å². The van der Waals surface area contributed by atoms with E-state index >= 15 is 0 Å². The Balaban J connectivity index is 2.04. The lowest BCUT2D eigenvalue weighted by Crippen LogP contribution is -2.21. The number of hydrogen-bond donors (Lipinski definition) is 2. The molecule has 0 saturated carbocycles. The number of methoxy groups -OCH3 is 2. The number of phenols is 1. The van der Waals surface area contributed by atoms with Crippen molar-refractivity contribution >= 4 is 23.0 Å². The maximum atomic E-state index is 12.4. The average molecular weight is 600 g/mol. The summed E-state index contributed by atoms with van der Waals surface area (Å²) in [6, 6.07) is 18.8. The van der Waals surface area contributed by atoms with Crippen molar-refractivity contribution in [1.29, 1.82) is 0 Å². The molecule has 0 bridgehead atoms. The van der Waals surface area contributed by atoms with E-state index in [0.717, 1.165) is 60.1 Å². The molecule has 9 heteroatoms. The molecule has 2 N–H and O–H groups in total. The molecule has 9 nitrogen and oxygen atoms in total. The summed E-state index contributed by atoms with van der Waals surface area (Å²) < 4.78 is 13.2. The Morgan fingerprint density at radius 2 is 1.36 bits per heavy atom. The molecule has 0 aliphatic carbocycles. The minimum Gasteiger partial charge on any atom is -0.502 e. The molecule has 0 atom stereocenters. The smallest absolute Gasteiger partial charge is 0.221 e. The highest BCUT2D eigenvalue weighted by atomic mass is 16.5. The van der Waals surface area contributed by atoms with Gasteiger partial charge in [-0.05, 0) is 65.0 Å². The third-order valence-corrected chi connectivity index (χ3v) is 8.01. The van der Waals surface area contributed by atoms with E-state index in [2.05, 4.69) is 103 Å². The summed E-state index contributed by atoms with van der Waals surface area (Å²) in [5.74, 6) is 0.431. The van der Waals surface area contributed by atoms with E-state index in [0.29, 0.717) is 23.6 Å². The highest BCUT2D eigenvalue weighted by Gasteiger charge is 2.27. The monoisotopic (exact) mass is 599 g/mol. The van der Waals surface area contributed by atoms with Crippen LogP contribution in [0.25, 0.3) is 33.9 Å². The molecule has 0 fully saturated rings. The number of phenolic OH excluding ortho intramolecular Hbond substituents is 1. The summed E-state index contributed by atoms with van der Waals surface area (Å²) in [6.45, 7) is 16.4. The number of ether oxygens (including phenoxy) is 2. The van der Waals surface area contributed by atoms with Crippen molar-refractivity contribution in [2.24, 2.45) is 0 Å². The number of hydrogen-bond acceptors (Lipinski definition) is 7. The summed E-state index contributed by atoms with van der Waals surface area (Å²) in [4.78, 5) is 22.2. The van der Waals surface area contributed by atoms with Gasteiger partial charge in [-0.25, -0.2) is 4.98 Å². The van der Waals surface area contributed by atoms with Crippen molar-refractivity contribution < 1.29 is 19.4 Å². The Bertz CT molecular complexity index is 1570. The van der Waals surface area contributed by atoms with Crippen LogP contribution in [0, 0.1) is 0 Å². The third kappa shape index (κ3) is 6.18. The molecule has 0 spiro atoms. The van der Waals surface area contributed by atoms with Crippen LogP contribution >= 0.6 is 0 Å². The highest BCUT2D eigenvalue weighted by Crippen LogP contribution is 2.49. The molecule has 4 rings (SSSR count). The number of aromatic nitrogens is 2. The number of imidazole rings is 1. The lowest BCUT2D eigenvalue weighted by atomic mass is 10.0. The van der Waals surface area contributed by atoms with Gasteiger partial charge in [-0.3, -0.25) is 4.79 Å². The fourth-order valence-corrected chi connectivity index (χ4v) is 5.75. The predicted molar refractivity (Wildman–Crippen MR) is 180 cm³/mol. The number of aromatic hydroxyl groups is 1. The van der Waals surface area contributed by atoms with Crippen LogP contribution in [-0.2, 0) is 11.3 Å². The van der Waals surface area contributed by atoms with Crippen molar-refractivity contribution in [3.63, 3.8) is 0 Å². The van der Waals surface area contributed by atoms with E-state index in [1.807, 2.05) is 0 Å². The minimum atomic E-state index is -0.303. The standard InChI is InChI=1S/C35H45N5O4/c1-9-38(10-2)26-18-14-24(15-19-26)30-32(25-16-20-27(21-17-25)39(11-3)12-4)40(13-5)35(37-30)28-22-29(43-7)33(42)34(44-8)31(28)36-23(6)41/h14-22,42H,9-13H2,1-8H3,(H,36,41). The molecule has 0 unspecified atom stereocenters. The molecule has 44 heavy (non-hydrogen) atoms. The second-order valence-corrected chi connectivity index (χ2v) is 10.4. The predicted octanol–water partition coefficient (Wildman–Crippen LogP) is 7.28. The van der Waals surface area contributed by atoms with Crippen molar-refractivity contribution in [1.82, 2.24) is 9.55 Å². The van der Waals surface area contributed by atoms with Gasteiger partial charge in [0.1, 0.15) is 5.82 Å². The van der Waals surface area contributed by atoms with Crippen LogP contribution in [0.5, 0.6) is 17.2 Å². The second kappa shape index (κ2) is 14.2. The maximum Gasteiger partial charge on any atom is 0.221 e. The van der Waals surface area contributed by atoms with E-state index < -0.39 is 0 Å². The Labute approximate surface area is 261 Å². The topological polar surface area (TPSA) is 92.1 Å². The van der Waals surface area contributed by atoms with E-state index in [1.54, 1.807) is 6.07 Å². The van der Waals surface area contributed by atoms with Crippen molar-refractivity contribution in [2.45, 2.75) is 48.1 Å². The summed E-state index contributed by atoms with van der Waals surface area (Å²) in [7, 11) is 2.93. The average Bonchev–Trinajstić information content (AvgIpc) is 3.42. The van der Waals surface area contributed by atoms with Crippen molar-refractivity contribution in [2.75, 3.05) is 55.5 Å². The minimum absolute atomic E-state index is 0.107. The number of benzene rings is 3. The van der Waals surface area contributed by atoms with E-state index in [1.165, 1.54) is 21.1 Å². The van der Waals surface area contributed by atoms with E-state index in [4.69, 9.17) is 14.5 Å². The summed E-state index contributed by atoms with van der Waals surface area (Å²) in [5.41, 5.74) is 6.95. The van der Waals surface area contributed by atoms with Crippen LogP contribution in [0.15, 0.2) is 54.6 Å². The first-order valence-corrected chi connectivity index (χ1v) is 15.3. The van der Waals surface area contributed by atoms with Gasteiger partial charge < -0.3 is 34.3 Å². The molecular formula is C35H45N5O4. The zero-order valence-electron chi connectivity index (χ0n) is 27.2. The van der Waals surface area contributed by atoms with Gasteiger partial charge in [-0.2, -0.15) is 0 Å². The van der Waals surface area contributed by atoms with Gasteiger partial charge >= 0.3 is 0 Å². The molecule has 4 aromatic rings. The number of anilines is 3. The van der Waals surface area contributed by atoms with Gasteiger partial charge in [-0.1, -0.05) is 24.3 Å². The number of carbonyl (C=O) groups is 1. The van der Waals surface area contributed by atoms with Crippen molar-refractivity contribution in [3.8, 4) is 51.2 Å². The Hall–Kier alpha value is -4.66. The number of nitrogens with zero attached hydrogens (tertiary/aromatic N) is 4. The van der Waals surface area contributed by atoms with Gasteiger partial charge in [0, 0.05) is 67.7 Å².